The summed E-state index contributed by atoms with van der Waals surface area (Å²) < 4.78 is 13.8. The van der Waals surface area contributed by atoms with Crippen molar-refractivity contribution in [3.05, 3.63) is 34.9 Å². The van der Waals surface area contributed by atoms with Gasteiger partial charge in [-0.05, 0) is 51.5 Å². The van der Waals surface area contributed by atoms with Crippen LogP contribution in [0.2, 0.25) is 0 Å². The molecule has 3 aliphatic carbocycles. The molecule has 1 heterocycles. The van der Waals surface area contributed by atoms with Crippen LogP contribution in [0.4, 0.5) is 4.39 Å². The van der Waals surface area contributed by atoms with Crippen LogP contribution in [-0.2, 0) is 16.0 Å². The van der Waals surface area contributed by atoms with Gasteiger partial charge in [-0.3, -0.25) is 9.59 Å². The predicted octanol–water partition coefficient (Wildman–Crippen LogP) is 2.85. The maximum absolute atomic E-state index is 13.8. The van der Waals surface area contributed by atoms with E-state index in [4.69, 9.17) is 0 Å². The molecule has 4 aliphatic rings. The second kappa shape index (κ2) is 6.07. The molecule has 1 saturated heterocycles. The molecule has 1 aromatic rings. The van der Waals surface area contributed by atoms with Crippen molar-refractivity contribution >= 4 is 11.8 Å². The Bertz CT molecular complexity index is 720. The summed E-state index contributed by atoms with van der Waals surface area (Å²) in [4.78, 5) is 27.0. The quantitative estimate of drug-likeness (QED) is 0.880. The maximum Gasteiger partial charge on any atom is 0.229 e. The van der Waals surface area contributed by atoms with Crippen molar-refractivity contribution in [2.24, 2.45) is 5.41 Å². The minimum Gasteiger partial charge on any atom is -0.354 e. The first kappa shape index (κ1) is 17.5. The highest BCUT2D eigenvalue weighted by Gasteiger charge is 2.73. The Morgan fingerprint density at radius 2 is 1.85 bits per heavy atom. The zero-order chi connectivity index (χ0) is 18.5. The average molecular weight is 358 g/mol. The van der Waals surface area contributed by atoms with E-state index in [9.17, 15) is 14.0 Å². The summed E-state index contributed by atoms with van der Waals surface area (Å²) >= 11 is 0. The normalized spacial score (nSPS) is 32.0. The zero-order valence-corrected chi connectivity index (χ0v) is 15.6. The Labute approximate surface area is 154 Å². The molecule has 26 heavy (non-hydrogen) atoms. The number of carbonyl (C=O) groups excluding carboxylic acids is 2. The average Bonchev–Trinajstić information content (AvgIpc) is 2.95. The van der Waals surface area contributed by atoms with E-state index in [2.05, 4.69) is 11.4 Å². The second-order valence-corrected chi connectivity index (χ2v) is 8.73. The van der Waals surface area contributed by atoms with Gasteiger partial charge in [-0.2, -0.15) is 0 Å². The first-order valence-corrected chi connectivity index (χ1v) is 9.63. The van der Waals surface area contributed by atoms with E-state index >= 15 is 0 Å². The first-order valence-electron chi connectivity index (χ1n) is 9.63. The molecule has 2 bridgehead atoms. The van der Waals surface area contributed by atoms with Crippen LogP contribution in [0.5, 0.6) is 0 Å². The van der Waals surface area contributed by atoms with E-state index < -0.39 is 11.1 Å². The summed E-state index contributed by atoms with van der Waals surface area (Å²) in [6, 6.07) is 6.21. The lowest BCUT2D eigenvalue weighted by Gasteiger charge is -2.65. The summed E-state index contributed by atoms with van der Waals surface area (Å²) in [5.41, 5.74) is 1.86. The highest BCUT2D eigenvalue weighted by Crippen LogP contribution is 2.70. The molecule has 1 aromatic carbocycles. The van der Waals surface area contributed by atoms with Crippen LogP contribution < -0.4 is 5.32 Å². The third-order valence-corrected chi connectivity index (χ3v) is 6.24. The fourth-order valence-electron chi connectivity index (χ4n) is 5.16. The molecule has 1 atom stereocenters. The molecule has 2 amide bonds. The molecule has 140 valence electrons. The van der Waals surface area contributed by atoms with Gasteiger partial charge in [-0.25, -0.2) is 4.39 Å². The Kier molecular flexibility index (Phi) is 4.08. The number of hydrogen-bond acceptors (Lipinski definition) is 2. The van der Waals surface area contributed by atoms with Gasteiger partial charge in [0.1, 0.15) is 5.67 Å². The number of alkyl halides is 1. The highest BCUT2D eigenvalue weighted by molar-refractivity contribution is 5.87. The van der Waals surface area contributed by atoms with Gasteiger partial charge in [0, 0.05) is 19.1 Å². The van der Waals surface area contributed by atoms with E-state index in [0.29, 0.717) is 32.2 Å². The Balaban J connectivity index is 1.31. The van der Waals surface area contributed by atoms with Crippen LogP contribution in [0.1, 0.15) is 48.8 Å². The number of halogens is 1. The molecule has 5 rings (SSSR count). The topological polar surface area (TPSA) is 49.4 Å². The lowest BCUT2D eigenvalue weighted by atomic mass is 9.42. The van der Waals surface area contributed by atoms with Crippen molar-refractivity contribution < 1.29 is 14.0 Å². The van der Waals surface area contributed by atoms with Crippen LogP contribution in [0.15, 0.2) is 18.2 Å². The molecule has 0 unspecified atom stereocenters. The van der Waals surface area contributed by atoms with Gasteiger partial charge < -0.3 is 10.2 Å². The van der Waals surface area contributed by atoms with E-state index in [1.165, 1.54) is 0 Å². The van der Waals surface area contributed by atoms with Crippen LogP contribution in [-0.4, -0.2) is 41.5 Å². The van der Waals surface area contributed by atoms with Gasteiger partial charge >= 0.3 is 0 Å². The minimum atomic E-state index is -1.05. The summed E-state index contributed by atoms with van der Waals surface area (Å²) in [6.45, 7) is 5.29. The summed E-state index contributed by atoms with van der Waals surface area (Å²) in [5, 5.41) is 3.00. The number of carbonyl (C=O) groups is 2. The van der Waals surface area contributed by atoms with E-state index in [1.807, 2.05) is 30.9 Å². The monoisotopic (exact) mass is 358 g/mol. The number of hydrogen-bond donors (Lipinski definition) is 1. The molecule has 1 N–H and O–H groups in total. The van der Waals surface area contributed by atoms with Gasteiger partial charge in [0.05, 0.1) is 11.8 Å². The smallest absolute Gasteiger partial charge is 0.229 e. The molecule has 4 fully saturated rings. The van der Waals surface area contributed by atoms with Gasteiger partial charge in [-0.15, -0.1) is 0 Å². The Hall–Kier alpha value is -1.91. The van der Waals surface area contributed by atoms with Gasteiger partial charge in [-0.1, -0.05) is 29.3 Å². The van der Waals surface area contributed by atoms with Crippen molar-refractivity contribution in [3.8, 4) is 0 Å². The lowest BCUT2D eigenvalue weighted by Crippen LogP contribution is -2.70. The molecule has 1 aliphatic heterocycles. The summed E-state index contributed by atoms with van der Waals surface area (Å²) in [6.07, 6.45) is 3.44. The lowest BCUT2D eigenvalue weighted by molar-refractivity contribution is -0.222. The van der Waals surface area contributed by atoms with Crippen molar-refractivity contribution in [2.75, 3.05) is 13.1 Å². The number of amides is 2. The SMILES string of the molecule is Cc1cc(C)cc(CC(=O)NC[C@H]2CCCN2C(=O)C23CC(F)(C2)C3)c1. The fourth-order valence-corrected chi connectivity index (χ4v) is 5.16. The maximum atomic E-state index is 13.8. The number of benzene rings is 1. The standard InChI is InChI=1S/C21H27FN2O2/c1-14-6-15(2)8-16(7-14)9-18(25)23-10-17-4-3-5-24(17)19(26)20-11-21(22,12-20)13-20/h6-8,17H,3-5,9-13H2,1-2H3,(H,23,25)/t17-,20?,21?/m1/s1. The van der Waals surface area contributed by atoms with Gasteiger partial charge in [0.15, 0.2) is 0 Å². The highest BCUT2D eigenvalue weighted by atomic mass is 19.1. The molecular weight excluding hydrogens is 331 g/mol. The van der Waals surface area contributed by atoms with Crippen LogP contribution in [0, 0.1) is 19.3 Å². The second-order valence-electron chi connectivity index (χ2n) is 8.73. The predicted molar refractivity (Wildman–Crippen MR) is 97.5 cm³/mol. The molecular formula is C21H27FN2O2. The molecule has 0 spiro atoms. The summed E-state index contributed by atoms with van der Waals surface area (Å²) in [7, 11) is 0. The van der Waals surface area contributed by atoms with Crippen LogP contribution in [0.25, 0.3) is 0 Å². The zero-order valence-electron chi connectivity index (χ0n) is 15.6. The van der Waals surface area contributed by atoms with E-state index in [1.54, 1.807) is 0 Å². The van der Waals surface area contributed by atoms with Crippen molar-refractivity contribution in [1.29, 1.82) is 0 Å². The molecule has 3 saturated carbocycles. The van der Waals surface area contributed by atoms with Crippen molar-refractivity contribution in [2.45, 2.75) is 64.1 Å². The van der Waals surface area contributed by atoms with Gasteiger partial charge in [0.25, 0.3) is 0 Å². The molecule has 0 aromatic heterocycles. The molecule has 0 radical (unpaired) electrons. The van der Waals surface area contributed by atoms with Crippen molar-refractivity contribution in [3.63, 3.8) is 0 Å². The van der Waals surface area contributed by atoms with E-state index in [-0.39, 0.29) is 17.9 Å². The number of nitrogens with zero attached hydrogens (tertiary/aromatic N) is 1. The largest absolute Gasteiger partial charge is 0.354 e. The number of rotatable bonds is 5. The van der Waals surface area contributed by atoms with Crippen molar-refractivity contribution in [1.82, 2.24) is 10.2 Å². The number of aryl methyl sites for hydroxylation is 2. The number of likely N-dealkylation sites (tertiary alicyclic amines) is 1. The van der Waals surface area contributed by atoms with Crippen LogP contribution in [0.3, 0.4) is 0 Å². The van der Waals surface area contributed by atoms with Gasteiger partial charge in [0.2, 0.25) is 11.8 Å². The minimum absolute atomic E-state index is 0.0116. The third-order valence-electron chi connectivity index (χ3n) is 6.24. The third kappa shape index (κ3) is 3.01. The molecule has 4 nitrogen and oxygen atoms in total. The summed E-state index contributed by atoms with van der Waals surface area (Å²) in [5.74, 6) is 0.102. The molecule has 5 heteroatoms. The van der Waals surface area contributed by atoms with E-state index in [0.717, 1.165) is 36.1 Å². The first-order chi connectivity index (χ1) is 12.3. The number of nitrogens with one attached hydrogen (secondary N) is 1. The Morgan fingerprint density at radius 3 is 2.46 bits per heavy atom. The Morgan fingerprint density at radius 1 is 1.19 bits per heavy atom. The fraction of sp³-hybridized carbons (Fsp3) is 0.619. The van der Waals surface area contributed by atoms with Crippen LogP contribution >= 0.6 is 0 Å².